The largest absolute Gasteiger partial charge is 0.321 e. The lowest BCUT2D eigenvalue weighted by Crippen LogP contribution is -2.07. The van der Waals surface area contributed by atoms with E-state index in [0.29, 0.717) is 5.02 Å². The van der Waals surface area contributed by atoms with Gasteiger partial charge in [0.1, 0.15) is 0 Å². The molecular weight excluding hydrogens is 258 g/mol. The van der Waals surface area contributed by atoms with Crippen LogP contribution in [0.5, 0.6) is 0 Å². The molecule has 1 heterocycles. The maximum Gasteiger partial charge on any atom is 0.256 e. The summed E-state index contributed by atoms with van der Waals surface area (Å²) in [4.78, 5) is 15.0. The van der Waals surface area contributed by atoms with E-state index in [4.69, 9.17) is 11.6 Å². The van der Waals surface area contributed by atoms with Crippen LogP contribution in [0.3, 0.4) is 0 Å². The standard InChI is InChI=1S/C16H12ClNO/c1-10-3-2-4-13-14(10)9-15(18-16(13)19)11-5-7-12(17)8-6-11/h2-9H,1H3,(H,18,19). The Kier molecular flexibility index (Phi) is 2.88. The summed E-state index contributed by atoms with van der Waals surface area (Å²) in [6.07, 6.45) is 0. The number of aromatic nitrogens is 1. The molecule has 2 nitrogen and oxygen atoms in total. The van der Waals surface area contributed by atoms with E-state index in [1.807, 2.05) is 55.5 Å². The Balaban J connectivity index is 2.29. The number of halogens is 1. The number of rotatable bonds is 1. The third kappa shape index (κ3) is 2.15. The molecule has 1 N–H and O–H groups in total. The van der Waals surface area contributed by atoms with Gasteiger partial charge in [-0.15, -0.1) is 0 Å². The third-order valence-corrected chi connectivity index (χ3v) is 3.51. The van der Waals surface area contributed by atoms with Crippen molar-refractivity contribution in [1.82, 2.24) is 4.98 Å². The summed E-state index contributed by atoms with van der Waals surface area (Å²) in [7, 11) is 0. The van der Waals surface area contributed by atoms with Crippen molar-refractivity contribution in [2.45, 2.75) is 6.92 Å². The summed E-state index contributed by atoms with van der Waals surface area (Å²) in [6.45, 7) is 2.01. The van der Waals surface area contributed by atoms with E-state index < -0.39 is 0 Å². The van der Waals surface area contributed by atoms with Crippen LogP contribution in [0.15, 0.2) is 53.3 Å². The van der Waals surface area contributed by atoms with E-state index in [1.54, 1.807) is 0 Å². The zero-order valence-electron chi connectivity index (χ0n) is 10.4. The van der Waals surface area contributed by atoms with E-state index in [9.17, 15) is 4.79 Å². The van der Waals surface area contributed by atoms with Crippen molar-refractivity contribution in [3.05, 3.63) is 69.5 Å². The second-order valence-corrected chi connectivity index (χ2v) is 4.99. The minimum Gasteiger partial charge on any atom is -0.321 e. The molecule has 3 aromatic rings. The molecule has 0 bridgehead atoms. The Morgan fingerprint density at radius 1 is 1.00 bits per heavy atom. The molecule has 0 aliphatic carbocycles. The van der Waals surface area contributed by atoms with Crippen LogP contribution >= 0.6 is 11.6 Å². The molecule has 19 heavy (non-hydrogen) atoms. The number of H-pyrrole nitrogens is 1. The quantitative estimate of drug-likeness (QED) is 0.707. The first-order valence-corrected chi connectivity index (χ1v) is 6.41. The number of hydrogen-bond donors (Lipinski definition) is 1. The number of aryl methyl sites for hydroxylation is 1. The van der Waals surface area contributed by atoms with Gasteiger partial charge < -0.3 is 4.98 Å². The predicted molar refractivity (Wildman–Crippen MR) is 79.8 cm³/mol. The fourth-order valence-electron chi connectivity index (χ4n) is 2.23. The van der Waals surface area contributed by atoms with E-state index in [0.717, 1.165) is 27.6 Å². The van der Waals surface area contributed by atoms with Gasteiger partial charge in [0.15, 0.2) is 0 Å². The zero-order valence-corrected chi connectivity index (χ0v) is 11.2. The van der Waals surface area contributed by atoms with Crippen molar-refractivity contribution in [3.63, 3.8) is 0 Å². The van der Waals surface area contributed by atoms with Crippen LogP contribution in [0.4, 0.5) is 0 Å². The fraction of sp³-hybridized carbons (Fsp3) is 0.0625. The molecule has 0 aliphatic heterocycles. The molecular formula is C16H12ClNO. The van der Waals surface area contributed by atoms with Crippen LogP contribution in [0.2, 0.25) is 5.02 Å². The monoisotopic (exact) mass is 269 g/mol. The Bertz CT molecular complexity index is 803. The smallest absolute Gasteiger partial charge is 0.256 e. The minimum atomic E-state index is -0.0637. The van der Waals surface area contributed by atoms with Gasteiger partial charge in [0.05, 0.1) is 0 Å². The number of benzene rings is 2. The Morgan fingerprint density at radius 2 is 1.74 bits per heavy atom. The van der Waals surface area contributed by atoms with Gasteiger partial charge in [0, 0.05) is 16.1 Å². The van der Waals surface area contributed by atoms with Crippen molar-refractivity contribution in [2.24, 2.45) is 0 Å². The van der Waals surface area contributed by atoms with Crippen molar-refractivity contribution >= 4 is 22.4 Å². The molecule has 0 spiro atoms. The molecule has 2 aromatic carbocycles. The lowest BCUT2D eigenvalue weighted by atomic mass is 10.0. The SMILES string of the molecule is Cc1cccc2c(=O)[nH]c(-c3ccc(Cl)cc3)cc12. The molecule has 0 atom stereocenters. The zero-order chi connectivity index (χ0) is 13.4. The van der Waals surface area contributed by atoms with Gasteiger partial charge in [0.2, 0.25) is 0 Å². The molecule has 0 radical (unpaired) electrons. The summed E-state index contributed by atoms with van der Waals surface area (Å²) < 4.78 is 0. The summed E-state index contributed by atoms with van der Waals surface area (Å²) in [5.74, 6) is 0. The average Bonchev–Trinajstić information content (AvgIpc) is 2.41. The van der Waals surface area contributed by atoms with Crippen LogP contribution in [0, 0.1) is 6.92 Å². The topological polar surface area (TPSA) is 32.9 Å². The van der Waals surface area contributed by atoms with Gasteiger partial charge >= 0.3 is 0 Å². The highest BCUT2D eigenvalue weighted by Gasteiger charge is 2.05. The van der Waals surface area contributed by atoms with Crippen LogP contribution in [0.1, 0.15) is 5.56 Å². The van der Waals surface area contributed by atoms with Gasteiger partial charge in [-0.2, -0.15) is 0 Å². The first-order valence-electron chi connectivity index (χ1n) is 6.04. The molecule has 94 valence electrons. The van der Waals surface area contributed by atoms with Crippen LogP contribution in [-0.4, -0.2) is 4.98 Å². The number of hydrogen-bond acceptors (Lipinski definition) is 1. The molecule has 1 aromatic heterocycles. The van der Waals surface area contributed by atoms with Crippen molar-refractivity contribution in [1.29, 1.82) is 0 Å². The van der Waals surface area contributed by atoms with Gasteiger partial charge in [-0.25, -0.2) is 0 Å². The molecule has 3 rings (SSSR count). The van der Waals surface area contributed by atoms with E-state index in [1.165, 1.54) is 0 Å². The van der Waals surface area contributed by atoms with Crippen LogP contribution < -0.4 is 5.56 Å². The lowest BCUT2D eigenvalue weighted by Gasteiger charge is -2.06. The summed E-state index contributed by atoms with van der Waals surface area (Å²) in [5, 5.41) is 2.39. The van der Waals surface area contributed by atoms with E-state index in [2.05, 4.69) is 4.98 Å². The summed E-state index contributed by atoms with van der Waals surface area (Å²) in [5.41, 5.74) is 2.79. The third-order valence-electron chi connectivity index (χ3n) is 3.26. The molecule has 3 heteroatoms. The normalized spacial score (nSPS) is 10.8. The Labute approximate surface area is 115 Å². The highest BCUT2D eigenvalue weighted by Crippen LogP contribution is 2.23. The molecule has 0 unspecified atom stereocenters. The Morgan fingerprint density at radius 3 is 2.47 bits per heavy atom. The number of fused-ring (bicyclic) bond motifs is 1. The first-order chi connectivity index (χ1) is 9.15. The Hall–Kier alpha value is -2.06. The van der Waals surface area contributed by atoms with Gasteiger partial charge in [-0.05, 0) is 47.7 Å². The molecule has 0 saturated carbocycles. The highest BCUT2D eigenvalue weighted by atomic mass is 35.5. The van der Waals surface area contributed by atoms with Gasteiger partial charge in [0.25, 0.3) is 5.56 Å². The van der Waals surface area contributed by atoms with E-state index in [-0.39, 0.29) is 5.56 Å². The van der Waals surface area contributed by atoms with Gasteiger partial charge in [-0.1, -0.05) is 35.9 Å². The molecule has 0 saturated heterocycles. The van der Waals surface area contributed by atoms with Crippen LogP contribution in [0.25, 0.3) is 22.0 Å². The van der Waals surface area contributed by atoms with Crippen molar-refractivity contribution in [3.8, 4) is 11.3 Å². The second-order valence-electron chi connectivity index (χ2n) is 4.56. The average molecular weight is 270 g/mol. The van der Waals surface area contributed by atoms with Crippen molar-refractivity contribution in [2.75, 3.05) is 0 Å². The lowest BCUT2D eigenvalue weighted by molar-refractivity contribution is 1.27. The summed E-state index contributed by atoms with van der Waals surface area (Å²) >= 11 is 5.88. The number of pyridine rings is 1. The summed E-state index contributed by atoms with van der Waals surface area (Å²) in [6, 6.07) is 15.2. The van der Waals surface area contributed by atoms with Gasteiger partial charge in [-0.3, -0.25) is 4.79 Å². The highest BCUT2D eigenvalue weighted by molar-refractivity contribution is 6.30. The van der Waals surface area contributed by atoms with Crippen molar-refractivity contribution < 1.29 is 0 Å². The maximum absolute atomic E-state index is 12.1. The number of aromatic amines is 1. The molecule has 0 aliphatic rings. The fourth-order valence-corrected chi connectivity index (χ4v) is 2.35. The first kappa shape index (κ1) is 12.0. The minimum absolute atomic E-state index is 0.0637. The second kappa shape index (κ2) is 4.56. The number of nitrogens with one attached hydrogen (secondary N) is 1. The maximum atomic E-state index is 12.1. The van der Waals surface area contributed by atoms with E-state index >= 15 is 0 Å². The molecule has 0 fully saturated rings. The molecule has 0 amide bonds. The predicted octanol–water partition coefficient (Wildman–Crippen LogP) is 4.16. The van der Waals surface area contributed by atoms with Crippen LogP contribution in [-0.2, 0) is 0 Å².